The smallest absolute Gasteiger partial charge is 0.121 e. The lowest BCUT2D eigenvalue weighted by Gasteiger charge is -2.29. The number of rotatable bonds is 3. The first-order valence-electron chi connectivity index (χ1n) is 7.45. The van der Waals surface area contributed by atoms with Crippen molar-refractivity contribution in [3.05, 3.63) is 22.6 Å². The van der Waals surface area contributed by atoms with Crippen LogP contribution in [0, 0.1) is 5.92 Å². The second kappa shape index (κ2) is 6.45. The summed E-state index contributed by atoms with van der Waals surface area (Å²) in [5, 5.41) is 3.67. The predicted octanol–water partition coefficient (Wildman–Crippen LogP) is 5.09. The maximum Gasteiger partial charge on any atom is 0.121 e. The second-order valence-corrected chi connectivity index (χ2v) is 7.62. The lowest BCUT2D eigenvalue weighted by atomic mass is 9.85. The van der Waals surface area contributed by atoms with E-state index in [1.807, 2.05) is 6.07 Å². The van der Waals surface area contributed by atoms with Gasteiger partial charge in [0.05, 0.1) is 10.7 Å². The first kappa shape index (κ1) is 15.1. The molecule has 2 unspecified atom stereocenters. The second-order valence-electron chi connectivity index (χ2n) is 6.77. The van der Waals surface area contributed by atoms with Crippen molar-refractivity contribution in [1.82, 2.24) is 5.32 Å². The van der Waals surface area contributed by atoms with Crippen LogP contribution in [0.5, 0.6) is 0 Å². The molecule has 0 bridgehead atoms. The quantitative estimate of drug-likeness (QED) is 0.782. The lowest BCUT2D eigenvalue weighted by Crippen LogP contribution is -2.40. The van der Waals surface area contributed by atoms with E-state index in [0.717, 1.165) is 16.8 Å². The minimum absolute atomic E-state index is 0.192. The molecule has 108 valence electrons. The van der Waals surface area contributed by atoms with Gasteiger partial charge < -0.3 is 9.73 Å². The van der Waals surface area contributed by atoms with Crippen LogP contribution in [0.25, 0.3) is 0 Å². The molecule has 1 fully saturated rings. The van der Waals surface area contributed by atoms with E-state index in [1.165, 1.54) is 32.1 Å². The van der Waals surface area contributed by atoms with E-state index < -0.39 is 0 Å². The molecule has 1 aliphatic rings. The van der Waals surface area contributed by atoms with E-state index in [4.69, 9.17) is 4.42 Å². The fourth-order valence-electron chi connectivity index (χ4n) is 2.98. The highest BCUT2D eigenvalue weighted by Gasteiger charge is 2.29. The average molecular weight is 328 g/mol. The molecule has 0 spiro atoms. The zero-order valence-corrected chi connectivity index (χ0v) is 13.9. The Kier molecular flexibility index (Phi) is 5.13. The third-order valence-electron chi connectivity index (χ3n) is 4.04. The van der Waals surface area contributed by atoms with Gasteiger partial charge in [-0.3, -0.25) is 0 Å². The van der Waals surface area contributed by atoms with E-state index >= 15 is 0 Å². The van der Waals surface area contributed by atoms with Gasteiger partial charge in [-0.1, -0.05) is 19.3 Å². The van der Waals surface area contributed by atoms with Crippen LogP contribution in [0.1, 0.15) is 64.6 Å². The minimum Gasteiger partial charge on any atom is -0.468 e. The molecule has 3 heteroatoms. The van der Waals surface area contributed by atoms with E-state index in [0.29, 0.717) is 11.8 Å². The summed E-state index contributed by atoms with van der Waals surface area (Å²) in [6, 6.07) is 2.02. The molecular formula is C16H26BrNO. The van der Waals surface area contributed by atoms with Gasteiger partial charge in [-0.2, -0.15) is 0 Å². The maximum atomic E-state index is 5.75. The van der Waals surface area contributed by atoms with Crippen molar-refractivity contribution in [3.63, 3.8) is 0 Å². The van der Waals surface area contributed by atoms with Gasteiger partial charge in [0.15, 0.2) is 0 Å². The summed E-state index contributed by atoms with van der Waals surface area (Å²) in [7, 11) is 0. The summed E-state index contributed by atoms with van der Waals surface area (Å²) >= 11 is 3.63. The van der Waals surface area contributed by atoms with Crippen molar-refractivity contribution >= 4 is 15.9 Å². The van der Waals surface area contributed by atoms with Crippen LogP contribution in [-0.4, -0.2) is 12.1 Å². The Labute approximate surface area is 125 Å². The summed E-state index contributed by atoms with van der Waals surface area (Å²) < 4.78 is 6.89. The summed E-state index contributed by atoms with van der Waals surface area (Å²) in [4.78, 5) is 0. The zero-order valence-electron chi connectivity index (χ0n) is 12.3. The Morgan fingerprint density at radius 1 is 1.26 bits per heavy atom. The number of hydrogen-bond acceptors (Lipinski definition) is 2. The Morgan fingerprint density at radius 3 is 2.63 bits per heavy atom. The van der Waals surface area contributed by atoms with Crippen LogP contribution >= 0.6 is 15.9 Å². The third-order valence-corrected chi connectivity index (χ3v) is 4.69. The molecule has 0 aromatic carbocycles. The van der Waals surface area contributed by atoms with Crippen molar-refractivity contribution in [1.29, 1.82) is 0 Å². The standard InChI is InChI=1S/C16H26BrNO/c1-16(2,3)18-11-12-7-5-4-6-8-13(12)15-14(17)9-10-19-15/h9-10,12-13,18H,4-8,11H2,1-3H3. The third kappa shape index (κ3) is 4.35. The summed E-state index contributed by atoms with van der Waals surface area (Å²) in [6.07, 6.45) is 8.40. The van der Waals surface area contributed by atoms with Crippen LogP contribution in [-0.2, 0) is 0 Å². The molecule has 1 saturated carbocycles. The molecule has 2 atom stereocenters. The predicted molar refractivity (Wildman–Crippen MR) is 83.5 cm³/mol. The Balaban J connectivity index is 2.10. The van der Waals surface area contributed by atoms with Crippen molar-refractivity contribution in [2.45, 2.75) is 64.3 Å². The Morgan fingerprint density at radius 2 is 2.00 bits per heavy atom. The molecule has 0 saturated heterocycles. The van der Waals surface area contributed by atoms with Gasteiger partial charge in [0.25, 0.3) is 0 Å². The highest BCUT2D eigenvalue weighted by atomic mass is 79.9. The average Bonchev–Trinajstić information content (AvgIpc) is 2.62. The van der Waals surface area contributed by atoms with Crippen molar-refractivity contribution in [3.8, 4) is 0 Å². The SMILES string of the molecule is CC(C)(C)NCC1CCCCCC1c1occc1Br. The van der Waals surface area contributed by atoms with Gasteiger partial charge in [-0.05, 0) is 68.1 Å². The van der Waals surface area contributed by atoms with Gasteiger partial charge >= 0.3 is 0 Å². The van der Waals surface area contributed by atoms with Gasteiger partial charge in [-0.15, -0.1) is 0 Å². The Bertz CT molecular complexity index is 394. The molecule has 19 heavy (non-hydrogen) atoms. The van der Waals surface area contributed by atoms with Gasteiger partial charge in [-0.25, -0.2) is 0 Å². The number of furan rings is 1. The lowest BCUT2D eigenvalue weighted by molar-refractivity contribution is 0.295. The van der Waals surface area contributed by atoms with Gasteiger partial charge in [0, 0.05) is 11.5 Å². The van der Waals surface area contributed by atoms with Crippen LogP contribution in [0.15, 0.2) is 21.2 Å². The first-order chi connectivity index (χ1) is 8.97. The van der Waals surface area contributed by atoms with Crippen LogP contribution < -0.4 is 5.32 Å². The fraction of sp³-hybridized carbons (Fsp3) is 0.750. The molecule has 0 aliphatic heterocycles. The minimum atomic E-state index is 0.192. The van der Waals surface area contributed by atoms with Crippen molar-refractivity contribution < 1.29 is 4.42 Å². The van der Waals surface area contributed by atoms with E-state index in [2.05, 4.69) is 42.0 Å². The molecule has 2 nitrogen and oxygen atoms in total. The van der Waals surface area contributed by atoms with E-state index in [1.54, 1.807) is 6.26 Å². The highest BCUT2D eigenvalue weighted by molar-refractivity contribution is 9.10. The molecular weight excluding hydrogens is 302 g/mol. The molecule has 1 heterocycles. The molecule has 0 radical (unpaired) electrons. The number of halogens is 1. The molecule has 1 aliphatic carbocycles. The van der Waals surface area contributed by atoms with Crippen molar-refractivity contribution in [2.75, 3.05) is 6.54 Å². The van der Waals surface area contributed by atoms with E-state index in [9.17, 15) is 0 Å². The maximum absolute atomic E-state index is 5.75. The Hall–Kier alpha value is -0.280. The molecule has 2 rings (SSSR count). The molecule has 1 aromatic rings. The molecule has 1 N–H and O–H groups in total. The van der Waals surface area contributed by atoms with Gasteiger partial charge in [0.2, 0.25) is 0 Å². The topological polar surface area (TPSA) is 25.2 Å². The monoisotopic (exact) mass is 327 g/mol. The summed E-state index contributed by atoms with van der Waals surface area (Å²) in [6.45, 7) is 7.80. The van der Waals surface area contributed by atoms with E-state index in [-0.39, 0.29) is 5.54 Å². The fourth-order valence-corrected chi connectivity index (χ4v) is 3.48. The zero-order chi connectivity index (χ0) is 13.9. The first-order valence-corrected chi connectivity index (χ1v) is 8.24. The van der Waals surface area contributed by atoms with Crippen LogP contribution in [0.2, 0.25) is 0 Å². The number of hydrogen-bond donors (Lipinski definition) is 1. The molecule has 0 amide bonds. The number of nitrogens with one attached hydrogen (secondary N) is 1. The van der Waals surface area contributed by atoms with Crippen molar-refractivity contribution in [2.24, 2.45) is 5.92 Å². The van der Waals surface area contributed by atoms with Crippen LogP contribution in [0.3, 0.4) is 0 Å². The normalized spacial score (nSPS) is 25.3. The summed E-state index contributed by atoms with van der Waals surface area (Å²) in [5.74, 6) is 2.40. The summed E-state index contributed by atoms with van der Waals surface area (Å²) in [5.41, 5.74) is 0.192. The highest BCUT2D eigenvalue weighted by Crippen LogP contribution is 2.39. The van der Waals surface area contributed by atoms with Gasteiger partial charge in [0.1, 0.15) is 5.76 Å². The molecule has 1 aromatic heterocycles. The van der Waals surface area contributed by atoms with Crippen LogP contribution in [0.4, 0.5) is 0 Å². The largest absolute Gasteiger partial charge is 0.468 e.